The van der Waals surface area contributed by atoms with Crippen LogP contribution in [0.5, 0.6) is 0 Å². The average Bonchev–Trinajstić information content (AvgIpc) is 2.36. The Bertz CT molecular complexity index is 512. The van der Waals surface area contributed by atoms with Crippen LogP contribution in [0, 0.1) is 0 Å². The summed E-state index contributed by atoms with van der Waals surface area (Å²) in [6.45, 7) is 1.80. The van der Waals surface area contributed by atoms with E-state index in [1.165, 1.54) is 0 Å². The third-order valence-corrected chi connectivity index (χ3v) is 2.74. The van der Waals surface area contributed by atoms with Crippen molar-refractivity contribution in [1.29, 1.82) is 0 Å². The Morgan fingerprint density at radius 1 is 1.19 bits per heavy atom. The molecule has 0 fully saturated rings. The van der Waals surface area contributed by atoms with Gasteiger partial charge in [-0.05, 0) is 17.2 Å². The van der Waals surface area contributed by atoms with Crippen LogP contribution in [0.2, 0.25) is 0 Å². The molecule has 1 unspecified atom stereocenters. The van der Waals surface area contributed by atoms with E-state index in [-0.39, 0.29) is 5.78 Å². The molecule has 0 aliphatic heterocycles. The third-order valence-electron chi connectivity index (χ3n) is 2.74. The molecule has 0 spiro atoms. The lowest BCUT2D eigenvalue weighted by molar-refractivity contribution is 0.0742. The van der Waals surface area contributed by atoms with Crippen molar-refractivity contribution < 1.29 is 9.90 Å². The van der Waals surface area contributed by atoms with Crippen molar-refractivity contribution in [3.63, 3.8) is 0 Å². The first-order valence-electron chi connectivity index (χ1n) is 5.44. The number of carbonyl (C=O) groups is 1. The summed E-state index contributed by atoms with van der Waals surface area (Å²) in [6, 6.07) is 13.3. The van der Waals surface area contributed by atoms with Gasteiger partial charge in [0, 0.05) is 5.56 Å². The number of hydrogen-bond donors (Lipinski definition) is 1. The highest BCUT2D eigenvalue weighted by Gasteiger charge is 2.16. The maximum atomic E-state index is 11.9. The van der Waals surface area contributed by atoms with Gasteiger partial charge in [-0.3, -0.25) is 4.79 Å². The van der Waals surface area contributed by atoms with E-state index in [1.54, 1.807) is 13.0 Å². The zero-order chi connectivity index (χ0) is 11.5. The quantitative estimate of drug-likeness (QED) is 0.798. The second-order valence-corrected chi connectivity index (χ2v) is 3.82. The van der Waals surface area contributed by atoms with Crippen LogP contribution >= 0.6 is 0 Å². The summed E-state index contributed by atoms with van der Waals surface area (Å²) in [5.41, 5.74) is 0.604. The molecule has 2 nitrogen and oxygen atoms in total. The monoisotopic (exact) mass is 214 g/mol. The van der Waals surface area contributed by atoms with Crippen LogP contribution in [0.4, 0.5) is 0 Å². The smallest absolute Gasteiger partial charge is 0.191 e. The van der Waals surface area contributed by atoms with Gasteiger partial charge in [0.1, 0.15) is 6.10 Å². The van der Waals surface area contributed by atoms with Crippen LogP contribution in [0.3, 0.4) is 0 Å². The van der Waals surface area contributed by atoms with Crippen LogP contribution in [0.15, 0.2) is 42.5 Å². The zero-order valence-electron chi connectivity index (χ0n) is 9.18. The molecule has 0 saturated heterocycles. The van der Waals surface area contributed by atoms with Crippen molar-refractivity contribution in [2.75, 3.05) is 0 Å². The predicted octanol–water partition coefficient (Wildman–Crippen LogP) is 2.79. The molecule has 16 heavy (non-hydrogen) atoms. The Morgan fingerprint density at radius 3 is 2.62 bits per heavy atom. The molecule has 0 amide bonds. The number of benzene rings is 2. The van der Waals surface area contributed by atoms with Gasteiger partial charge >= 0.3 is 0 Å². The molecular formula is C14H14O2. The van der Waals surface area contributed by atoms with E-state index in [1.807, 2.05) is 36.4 Å². The lowest BCUT2D eigenvalue weighted by atomic mass is 9.98. The number of ketones is 1. The Balaban J connectivity index is 2.56. The molecule has 0 aromatic heterocycles. The summed E-state index contributed by atoms with van der Waals surface area (Å²) in [5, 5.41) is 11.5. The molecule has 0 aliphatic carbocycles. The Kier molecular flexibility index (Phi) is 3.02. The van der Waals surface area contributed by atoms with Crippen molar-refractivity contribution in [2.45, 2.75) is 19.4 Å². The highest BCUT2D eigenvalue weighted by atomic mass is 16.3. The summed E-state index contributed by atoms with van der Waals surface area (Å²) >= 11 is 0. The number of hydrogen-bond acceptors (Lipinski definition) is 2. The van der Waals surface area contributed by atoms with Gasteiger partial charge in [-0.15, -0.1) is 0 Å². The fraction of sp³-hybridized carbons (Fsp3) is 0.214. The van der Waals surface area contributed by atoms with Gasteiger partial charge in [-0.2, -0.15) is 0 Å². The molecule has 1 N–H and O–H groups in total. The van der Waals surface area contributed by atoms with Gasteiger partial charge in [-0.1, -0.05) is 49.4 Å². The van der Waals surface area contributed by atoms with E-state index < -0.39 is 6.10 Å². The largest absolute Gasteiger partial charge is 0.385 e. The van der Waals surface area contributed by atoms with Gasteiger partial charge in [0.25, 0.3) is 0 Å². The minimum Gasteiger partial charge on any atom is -0.385 e. The normalized spacial score (nSPS) is 12.6. The molecule has 2 aromatic rings. The Labute approximate surface area is 94.5 Å². The van der Waals surface area contributed by atoms with Gasteiger partial charge < -0.3 is 5.11 Å². The highest BCUT2D eigenvalue weighted by molar-refractivity contribution is 6.09. The number of aliphatic hydroxyl groups is 1. The van der Waals surface area contributed by atoms with Gasteiger partial charge in [0.15, 0.2) is 5.78 Å². The van der Waals surface area contributed by atoms with Crippen LogP contribution in [-0.4, -0.2) is 17.0 Å². The number of fused-ring (bicyclic) bond motifs is 1. The van der Waals surface area contributed by atoms with E-state index in [2.05, 4.69) is 0 Å². The predicted molar refractivity (Wildman–Crippen MR) is 64.6 cm³/mol. The SMILES string of the molecule is CCC(O)C(=O)c1cccc2ccccc12. The fourth-order valence-electron chi connectivity index (χ4n) is 1.81. The van der Waals surface area contributed by atoms with E-state index >= 15 is 0 Å². The first kappa shape index (κ1) is 10.8. The van der Waals surface area contributed by atoms with Crippen LogP contribution < -0.4 is 0 Å². The third kappa shape index (κ3) is 1.84. The van der Waals surface area contributed by atoms with Crippen LogP contribution in [0.1, 0.15) is 23.7 Å². The lowest BCUT2D eigenvalue weighted by Gasteiger charge is -2.09. The summed E-state index contributed by atoms with van der Waals surface area (Å²) in [7, 11) is 0. The first-order valence-corrected chi connectivity index (χ1v) is 5.44. The van der Waals surface area contributed by atoms with E-state index in [0.717, 1.165) is 10.8 Å². The molecule has 2 rings (SSSR count). The van der Waals surface area contributed by atoms with Crippen molar-refractivity contribution >= 4 is 16.6 Å². The maximum absolute atomic E-state index is 11.9. The second kappa shape index (κ2) is 4.45. The van der Waals surface area contributed by atoms with Crippen molar-refractivity contribution in [3.05, 3.63) is 48.0 Å². The summed E-state index contributed by atoms with van der Waals surface area (Å²) in [6.07, 6.45) is -0.451. The second-order valence-electron chi connectivity index (χ2n) is 3.82. The average molecular weight is 214 g/mol. The maximum Gasteiger partial charge on any atom is 0.191 e. The van der Waals surface area contributed by atoms with Crippen molar-refractivity contribution in [3.8, 4) is 0 Å². The van der Waals surface area contributed by atoms with E-state index in [0.29, 0.717) is 12.0 Å². The molecule has 82 valence electrons. The van der Waals surface area contributed by atoms with Crippen LogP contribution in [0.25, 0.3) is 10.8 Å². The zero-order valence-corrected chi connectivity index (χ0v) is 9.18. The fourth-order valence-corrected chi connectivity index (χ4v) is 1.81. The van der Waals surface area contributed by atoms with Crippen molar-refractivity contribution in [1.82, 2.24) is 0 Å². The Hall–Kier alpha value is -1.67. The summed E-state index contributed by atoms with van der Waals surface area (Å²) in [4.78, 5) is 11.9. The van der Waals surface area contributed by atoms with Gasteiger partial charge in [0.05, 0.1) is 0 Å². The molecule has 1 atom stereocenters. The van der Waals surface area contributed by atoms with Crippen LogP contribution in [-0.2, 0) is 0 Å². The molecular weight excluding hydrogens is 200 g/mol. The minimum absolute atomic E-state index is 0.195. The molecule has 0 radical (unpaired) electrons. The minimum atomic E-state index is -0.897. The highest BCUT2D eigenvalue weighted by Crippen LogP contribution is 2.20. The molecule has 2 heteroatoms. The van der Waals surface area contributed by atoms with Gasteiger partial charge in [-0.25, -0.2) is 0 Å². The van der Waals surface area contributed by atoms with E-state index in [9.17, 15) is 9.90 Å². The summed E-state index contributed by atoms with van der Waals surface area (Å²) in [5.74, 6) is -0.195. The molecule has 0 saturated carbocycles. The number of carbonyl (C=O) groups excluding carboxylic acids is 1. The molecule has 2 aromatic carbocycles. The molecule has 0 heterocycles. The van der Waals surface area contributed by atoms with Gasteiger partial charge in [0.2, 0.25) is 0 Å². The van der Waals surface area contributed by atoms with Crippen molar-refractivity contribution in [2.24, 2.45) is 0 Å². The number of aliphatic hydroxyl groups excluding tert-OH is 1. The standard InChI is InChI=1S/C14H14O2/c1-2-13(15)14(16)12-9-5-7-10-6-3-4-8-11(10)12/h3-9,13,15H,2H2,1H3. The molecule has 0 aliphatic rings. The lowest BCUT2D eigenvalue weighted by Crippen LogP contribution is -2.19. The number of rotatable bonds is 3. The Morgan fingerprint density at radius 2 is 1.88 bits per heavy atom. The molecule has 0 bridgehead atoms. The summed E-state index contributed by atoms with van der Waals surface area (Å²) < 4.78 is 0. The first-order chi connectivity index (χ1) is 7.74. The topological polar surface area (TPSA) is 37.3 Å². The van der Waals surface area contributed by atoms with E-state index in [4.69, 9.17) is 0 Å². The number of Topliss-reactive ketones (excluding diaryl/α,β-unsaturated/α-hetero) is 1.